The number of rotatable bonds is 4. The lowest BCUT2D eigenvalue weighted by Crippen LogP contribution is -2.20. The topological polar surface area (TPSA) is 92.8 Å². The summed E-state index contributed by atoms with van der Waals surface area (Å²) >= 11 is 3.26. The van der Waals surface area contributed by atoms with Crippen LogP contribution in [0.5, 0.6) is 5.75 Å². The Morgan fingerprint density at radius 1 is 1.56 bits per heavy atom. The number of halogens is 1. The van der Waals surface area contributed by atoms with E-state index in [0.29, 0.717) is 11.6 Å². The van der Waals surface area contributed by atoms with Crippen LogP contribution in [0.3, 0.4) is 0 Å². The minimum absolute atomic E-state index is 0.133. The van der Waals surface area contributed by atoms with Crippen molar-refractivity contribution in [2.45, 2.75) is 6.92 Å². The van der Waals surface area contributed by atoms with Crippen LogP contribution in [-0.2, 0) is 4.79 Å². The number of ether oxygens (including phenoxy) is 1. The molecule has 2 aromatic rings. The van der Waals surface area contributed by atoms with Crippen molar-refractivity contribution in [3.63, 3.8) is 0 Å². The maximum atomic E-state index is 11.5. The monoisotopic (exact) mass is 311 g/mol. The molecule has 0 unspecified atom stereocenters. The maximum absolute atomic E-state index is 11.5. The summed E-state index contributed by atoms with van der Waals surface area (Å²) in [6.07, 6.45) is 3.15. The van der Waals surface area contributed by atoms with E-state index in [2.05, 4.69) is 41.4 Å². The van der Waals surface area contributed by atoms with E-state index in [1.54, 1.807) is 19.2 Å². The minimum Gasteiger partial charge on any atom is -0.482 e. The van der Waals surface area contributed by atoms with Crippen molar-refractivity contribution in [2.75, 3.05) is 11.9 Å². The first kappa shape index (κ1) is 12.5. The molecule has 0 atom stereocenters. The number of anilines is 1. The summed E-state index contributed by atoms with van der Waals surface area (Å²) in [6, 6.07) is 1.72. The van der Waals surface area contributed by atoms with Gasteiger partial charge in [-0.1, -0.05) is 0 Å². The second-order valence-corrected chi connectivity index (χ2v) is 4.34. The molecule has 0 aliphatic heterocycles. The van der Waals surface area contributed by atoms with Crippen LogP contribution in [0.2, 0.25) is 0 Å². The lowest BCUT2D eigenvalue weighted by Gasteiger charge is -2.04. The summed E-state index contributed by atoms with van der Waals surface area (Å²) in [5.74, 6) is 1.02. The Hall–Kier alpha value is -1.96. The largest absolute Gasteiger partial charge is 0.482 e. The molecule has 2 rings (SSSR count). The third kappa shape index (κ3) is 3.52. The highest BCUT2D eigenvalue weighted by molar-refractivity contribution is 9.10. The number of H-pyrrole nitrogens is 1. The smallest absolute Gasteiger partial charge is 0.264 e. The molecule has 0 fully saturated rings. The van der Waals surface area contributed by atoms with E-state index in [1.807, 2.05) is 0 Å². The number of aromatic amines is 1. The number of nitrogens with one attached hydrogen (secondary N) is 2. The molecular weight excluding hydrogens is 302 g/mol. The molecule has 2 aromatic heterocycles. The lowest BCUT2D eigenvalue weighted by molar-refractivity contribution is -0.118. The molecule has 0 aliphatic carbocycles. The van der Waals surface area contributed by atoms with Crippen LogP contribution >= 0.6 is 15.9 Å². The molecule has 7 nitrogen and oxygen atoms in total. The Labute approximate surface area is 111 Å². The van der Waals surface area contributed by atoms with E-state index < -0.39 is 0 Å². The molecule has 0 radical (unpaired) electrons. The average Bonchev–Trinajstić information content (AvgIpc) is 2.72. The number of nitrogens with zero attached hydrogens (tertiary/aromatic N) is 3. The first-order valence-corrected chi connectivity index (χ1v) is 5.85. The average molecular weight is 312 g/mol. The van der Waals surface area contributed by atoms with Gasteiger partial charge < -0.3 is 4.74 Å². The molecule has 0 aromatic carbocycles. The molecule has 0 bridgehead atoms. The molecule has 94 valence electrons. The van der Waals surface area contributed by atoms with E-state index in [1.165, 1.54) is 6.20 Å². The first-order valence-electron chi connectivity index (χ1n) is 5.05. The van der Waals surface area contributed by atoms with Gasteiger partial charge in [-0.25, -0.2) is 0 Å². The Bertz CT molecular complexity index is 557. The zero-order valence-electron chi connectivity index (χ0n) is 9.48. The number of pyridine rings is 1. The standard InChI is InChI=1S/C10H10BrN5O2/c1-6-13-10(16-15-6)14-9(17)5-18-8-2-7(11)3-12-4-8/h2-4H,5H2,1H3,(H2,13,14,15,16,17). The second-order valence-electron chi connectivity index (χ2n) is 3.42. The number of carbonyl (C=O) groups excluding carboxylic acids is 1. The van der Waals surface area contributed by atoms with Gasteiger partial charge in [0.15, 0.2) is 6.61 Å². The predicted octanol–water partition coefficient (Wildman–Crippen LogP) is 1.29. The molecule has 18 heavy (non-hydrogen) atoms. The summed E-state index contributed by atoms with van der Waals surface area (Å²) in [7, 11) is 0. The van der Waals surface area contributed by atoms with Gasteiger partial charge in [-0.3, -0.25) is 20.2 Å². The third-order valence-corrected chi connectivity index (χ3v) is 2.33. The van der Waals surface area contributed by atoms with Gasteiger partial charge in [0, 0.05) is 10.7 Å². The van der Waals surface area contributed by atoms with Crippen molar-refractivity contribution in [1.29, 1.82) is 0 Å². The van der Waals surface area contributed by atoms with Crippen molar-refractivity contribution in [3.05, 3.63) is 28.8 Å². The third-order valence-electron chi connectivity index (χ3n) is 1.90. The summed E-state index contributed by atoms with van der Waals surface area (Å²) in [6.45, 7) is 1.61. The fourth-order valence-corrected chi connectivity index (χ4v) is 1.52. The summed E-state index contributed by atoms with van der Waals surface area (Å²) < 4.78 is 6.04. The number of hydrogen-bond acceptors (Lipinski definition) is 5. The van der Waals surface area contributed by atoms with Gasteiger partial charge in [0.1, 0.15) is 11.6 Å². The van der Waals surface area contributed by atoms with Gasteiger partial charge in [0.05, 0.1) is 6.20 Å². The number of aromatic nitrogens is 4. The van der Waals surface area contributed by atoms with E-state index in [0.717, 1.165) is 4.47 Å². The highest BCUT2D eigenvalue weighted by Gasteiger charge is 2.07. The van der Waals surface area contributed by atoms with E-state index in [9.17, 15) is 4.79 Å². The van der Waals surface area contributed by atoms with E-state index in [-0.39, 0.29) is 18.5 Å². The van der Waals surface area contributed by atoms with Crippen LogP contribution in [0, 0.1) is 6.92 Å². The van der Waals surface area contributed by atoms with Gasteiger partial charge in [0.2, 0.25) is 5.95 Å². The highest BCUT2D eigenvalue weighted by Crippen LogP contribution is 2.15. The molecule has 1 amide bonds. The molecular formula is C10H10BrN5O2. The van der Waals surface area contributed by atoms with Crippen LogP contribution in [0.15, 0.2) is 22.9 Å². The number of hydrogen-bond donors (Lipinski definition) is 2. The predicted molar refractivity (Wildman–Crippen MR) is 67.2 cm³/mol. The fraction of sp³-hybridized carbons (Fsp3) is 0.200. The van der Waals surface area contributed by atoms with Crippen molar-refractivity contribution in [1.82, 2.24) is 20.2 Å². The SMILES string of the molecule is Cc1nc(NC(=O)COc2cncc(Br)c2)n[nH]1. The van der Waals surface area contributed by atoms with Gasteiger partial charge in [0.25, 0.3) is 5.91 Å². The van der Waals surface area contributed by atoms with Gasteiger partial charge in [-0.2, -0.15) is 4.98 Å². The summed E-state index contributed by atoms with van der Waals surface area (Å²) in [4.78, 5) is 19.4. The minimum atomic E-state index is -0.339. The van der Waals surface area contributed by atoms with Crippen LogP contribution in [0.4, 0.5) is 5.95 Å². The molecule has 0 aliphatic rings. The summed E-state index contributed by atoms with van der Waals surface area (Å²) in [5, 5.41) is 8.90. The van der Waals surface area contributed by atoms with Crippen molar-refractivity contribution < 1.29 is 9.53 Å². The van der Waals surface area contributed by atoms with Crippen LogP contribution in [0.1, 0.15) is 5.82 Å². The van der Waals surface area contributed by atoms with Crippen molar-refractivity contribution in [3.8, 4) is 5.75 Å². The zero-order chi connectivity index (χ0) is 13.0. The normalized spacial score (nSPS) is 10.1. The molecule has 0 saturated heterocycles. The summed E-state index contributed by atoms with van der Waals surface area (Å²) in [5.41, 5.74) is 0. The molecule has 0 spiro atoms. The van der Waals surface area contributed by atoms with Gasteiger partial charge in [-0.05, 0) is 28.9 Å². The number of aryl methyl sites for hydroxylation is 1. The van der Waals surface area contributed by atoms with E-state index in [4.69, 9.17) is 4.74 Å². The van der Waals surface area contributed by atoms with Crippen LogP contribution in [0.25, 0.3) is 0 Å². The van der Waals surface area contributed by atoms with Gasteiger partial charge in [-0.15, -0.1) is 5.10 Å². The lowest BCUT2D eigenvalue weighted by atomic mass is 10.5. The Kier molecular flexibility index (Phi) is 3.88. The molecule has 2 heterocycles. The van der Waals surface area contributed by atoms with Crippen LogP contribution in [-0.4, -0.2) is 32.7 Å². The Balaban J connectivity index is 1.85. The van der Waals surface area contributed by atoms with Crippen LogP contribution < -0.4 is 10.1 Å². The molecule has 2 N–H and O–H groups in total. The van der Waals surface area contributed by atoms with E-state index >= 15 is 0 Å². The number of carbonyl (C=O) groups is 1. The quantitative estimate of drug-likeness (QED) is 0.887. The van der Waals surface area contributed by atoms with Gasteiger partial charge >= 0.3 is 0 Å². The Morgan fingerprint density at radius 2 is 2.39 bits per heavy atom. The van der Waals surface area contributed by atoms with Crippen molar-refractivity contribution in [2.24, 2.45) is 0 Å². The molecule has 8 heteroatoms. The Morgan fingerprint density at radius 3 is 3.06 bits per heavy atom. The maximum Gasteiger partial charge on any atom is 0.264 e. The first-order chi connectivity index (χ1) is 8.63. The zero-order valence-corrected chi connectivity index (χ0v) is 11.1. The van der Waals surface area contributed by atoms with Crippen molar-refractivity contribution >= 4 is 27.8 Å². The second kappa shape index (κ2) is 5.58. The number of amides is 1. The molecule has 0 saturated carbocycles. The highest BCUT2D eigenvalue weighted by atomic mass is 79.9. The fourth-order valence-electron chi connectivity index (χ4n) is 1.18.